The summed E-state index contributed by atoms with van der Waals surface area (Å²) in [6.45, 7) is 1.86. The summed E-state index contributed by atoms with van der Waals surface area (Å²) in [6, 6.07) is 13.4. The molecular weight excluding hydrogens is 465 g/mol. The van der Waals surface area contributed by atoms with Gasteiger partial charge in [-0.1, -0.05) is 29.4 Å². The summed E-state index contributed by atoms with van der Waals surface area (Å²) in [5, 5.41) is 4.10. The number of nitrogens with one attached hydrogen (secondary N) is 1. The van der Waals surface area contributed by atoms with Crippen molar-refractivity contribution in [3.05, 3.63) is 70.3 Å². The summed E-state index contributed by atoms with van der Waals surface area (Å²) in [4.78, 5) is 40.0. The maximum absolute atomic E-state index is 12.9. The molecule has 2 aromatic carbocycles. The number of alkyl halides is 3. The van der Waals surface area contributed by atoms with Crippen LogP contribution in [-0.4, -0.2) is 63.3 Å². The minimum Gasteiger partial charge on any atom is -0.339 e. The molecule has 1 saturated heterocycles. The van der Waals surface area contributed by atoms with Crippen LogP contribution < -0.4 is 10.5 Å². The van der Waals surface area contributed by atoms with E-state index in [0.29, 0.717) is 54.2 Å². The number of para-hydroxylation sites is 1. The predicted octanol–water partition coefficient (Wildman–Crippen LogP) is 3.04. The smallest absolute Gasteiger partial charge is 0.339 e. The number of carbonyl (C=O) groups excluding carboxylic acids is 1. The Morgan fingerprint density at radius 3 is 2.43 bits per heavy atom. The maximum atomic E-state index is 12.9. The largest absolute Gasteiger partial charge is 0.397 e. The van der Waals surface area contributed by atoms with Gasteiger partial charge in [0.1, 0.15) is 6.42 Å². The summed E-state index contributed by atoms with van der Waals surface area (Å²) in [7, 11) is 0. The third-order valence-electron chi connectivity index (χ3n) is 5.68. The molecule has 2 aromatic heterocycles. The van der Waals surface area contributed by atoms with Gasteiger partial charge in [0, 0.05) is 37.3 Å². The average Bonchev–Trinajstić information content (AvgIpc) is 3.30. The highest BCUT2D eigenvalue weighted by Crippen LogP contribution is 2.23. The number of halogens is 3. The first-order valence-electron chi connectivity index (χ1n) is 10.8. The van der Waals surface area contributed by atoms with Gasteiger partial charge in [0.2, 0.25) is 17.7 Å². The summed E-state index contributed by atoms with van der Waals surface area (Å²) in [6.07, 6.45) is -5.74. The fraction of sp³-hybridized carbons (Fsp3) is 0.261. The van der Waals surface area contributed by atoms with Crippen molar-refractivity contribution in [2.45, 2.75) is 12.6 Å². The SMILES string of the molecule is O=C(c1ccc(-c2noc(CC(F)(F)F)n2)cc1)N1CCN(c2nc3ccccc3c(=O)[nH]2)CC1. The number of rotatable bonds is 4. The Morgan fingerprint density at radius 1 is 1.00 bits per heavy atom. The van der Waals surface area contributed by atoms with Crippen molar-refractivity contribution in [2.75, 3.05) is 31.1 Å². The highest BCUT2D eigenvalue weighted by molar-refractivity contribution is 5.94. The van der Waals surface area contributed by atoms with E-state index < -0.39 is 18.5 Å². The predicted molar refractivity (Wildman–Crippen MR) is 120 cm³/mol. The number of piperazine rings is 1. The topological polar surface area (TPSA) is 108 Å². The van der Waals surface area contributed by atoms with Crippen LogP contribution in [0, 0.1) is 0 Å². The highest BCUT2D eigenvalue weighted by atomic mass is 19.4. The Labute approximate surface area is 196 Å². The van der Waals surface area contributed by atoms with Crippen LogP contribution in [0.25, 0.3) is 22.3 Å². The number of hydrogen-bond acceptors (Lipinski definition) is 7. The van der Waals surface area contributed by atoms with Crippen LogP contribution in [-0.2, 0) is 6.42 Å². The average molecular weight is 484 g/mol. The fourth-order valence-electron chi connectivity index (χ4n) is 3.91. The number of aromatic amines is 1. The number of fused-ring (bicyclic) bond motifs is 1. The van der Waals surface area contributed by atoms with Crippen molar-refractivity contribution in [1.29, 1.82) is 0 Å². The third-order valence-corrected chi connectivity index (χ3v) is 5.68. The zero-order valence-electron chi connectivity index (χ0n) is 18.2. The standard InChI is InChI=1S/C23H19F3N6O3/c24-23(25,26)13-18-28-19(30-35-18)14-5-7-15(8-6-14)21(34)31-9-11-32(12-10-31)22-27-17-4-2-1-3-16(17)20(33)29-22/h1-8H,9-13H2,(H,27,29,33). The molecule has 0 bridgehead atoms. The maximum Gasteiger partial charge on any atom is 0.397 e. The molecular formula is C23H19F3N6O3. The van der Waals surface area contributed by atoms with E-state index in [1.54, 1.807) is 47.4 Å². The van der Waals surface area contributed by atoms with Gasteiger partial charge in [0.25, 0.3) is 11.5 Å². The van der Waals surface area contributed by atoms with E-state index >= 15 is 0 Å². The van der Waals surface area contributed by atoms with Gasteiger partial charge < -0.3 is 14.3 Å². The minimum absolute atomic E-state index is 0.0220. The summed E-state index contributed by atoms with van der Waals surface area (Å²) in [5.74, 6) is -0.210. The quantitative estimate of drug-likeness (QED) is 0.474. The minimum atomic E-state index is -4.44. The van der Waals surface area contributed by atoms with Gasteiger partial charge in [-0.15, -0.1) is 0 Å². The van der Waals surface area contributed by atoms with Crippen molar-refractivity contribution in [3.8, 4) is 11.4 Å². The molecule has 0 spiro atoms. The number of hydrogen-bond donors (Lipinski definition) is 1. The molecule has 1 aliphatic rings. The van der Waals surface area contributed by atoms with Gasteiger partial charge in [-0.2, -0.15) is 18.2 Å². The molecule has 9 nitrogen and oxygen atoms in total. The monoisotopic (exact) mass is 484 g/mol. The van der Waals surface area contributed by atoms with Crippen LogP contribution in [0.15, 0.2) is 57.8 Å². The number of carbonyl (C=O) groups is 1. The summed E-state index contributed by atoms with van der Waals surface area (Å²) < 4.78 is 42.1. The van der Waals surface area contributed by atoms with E-state index in [1.165, 1.54) is 0 Å². The fourth-order valence-corrected chi connectivity index (χ4v) is 3.91. The van der Waals surface area contributed by atoms with E-state index in [4.69, 9.17) is 0 Å². The molecule has 3 heterocycles. The molecule has 1 N–H and O–H groups in total. The second-order valence-electron chi connectivity index (χ2n) is 8.07. The lowest BCUT2D eigenvalue weighted by molar-refractivity contribution is -0.131. The van der Waals surface area contributed by atoms with E-state index in [1.807, 2.05) is 11.0 Å². The van der Waals surface area contributed by atoms with Gasteiger partial charge in [-0.3, -0.25) is 14.6 Å². The summed E-state index contributed by atoms with van der Waals surface area (Å²) >= 11 is 0. The number of anilines is 1. The van der Waals surface area contributed by atoms with Crippen LogP contribution in [0.4, 0.5) is 19.1 Å². The van der Waals surface area contributed by atoms with Gasteiger partial charge >= 0.3 is 6.18 Å². The van der Waals surface area contributed by atoms with Crippen LogP contribution in [0.2, 0.25) is 0 Å². The van der Waals surface area contributed by atoms with Crippen LogP contribution in [0.5, 0.6) is 0 Å². The molecule has 0 radical (unpaired) electrons. The number of aromatic nitrogens is 4. The number of nitrogens with zero attached hydrogens (tertiary/aromatic N) is 5. The Kier molecular flexibility index (Phi) is 5.71. The molecule has 0 atom stereocenters. The Bertz CT molecular complexity index is 1420. The molecule has 1 aliphatic heterocycles. The molecule has 0 saturated carbocycles. The van der Waals surface area contributed by atoms with Crippen molar-refractivity contribution in [2.24, 2.45) is 0 Å². The Hall–Kier alpha value is -4.22. The van der Waals surface area contributed by atoms with E-state index in [2.05, 4.69) is 24.6 Å². The lowest BCUT2D eigenvalue weighted by Gasteiger charge is -2.35. The van der Waals surface area contributed by atoms with Gasteiger partial charge in [-0.05, 0) is 24.3 Å². The molecule has 180 valence electrons. The molecule has 1 amide bonds. The lowest BCUT2D eigenvalue weighted by Crippen LogP contribution is -2.49. The number of H-pyrrole nitrogens is 1. The molecule has 4 aromatic rings. The second kappa shape index (κ2) is 8.85. The first-order chi connectivity index (χ1) is 16.8. The van der Waals surface area contributed by atoms with Crippen molar-refractivity contribution < 1.29 is 22.5 Å². The molecule has 0 unspecified atom stereocenters. The number of amides is 1. The Morgan fingerprint density at radius 2 is 1.71 bits per heavy atom. The van der Waals surface area contributed by atoms with Gasteiger partial charge in [0.15, 0.2) is 0 Å². The first-order valence-corrected chi connectivity index (χ1v) is 10.8. The van der Waals surface area contributed by atoms with Crippen molar-refractivity contribution in [3.63, 3.8) is 0 Å². The second-order valence-corrected chi connectivity index (χ2v) is 8.07. The zero-order chi connectivity index (χ0) is 24.6. The summed E-state index contributed by atoms with van der Waals surface area (Å²) in [5.41, 5.74) is 1.27. The van der Waals surface area contributed by atoms with Crippen LogP contribution in [0.1, 0.15) is 16.2 Å². The van der Waals surface area contributed by atoms with Crippen LogP contribution in [0.3, 0.4) is 0 Å². The highest BCUT2D eigenvalue weighted by Gasteiger charge is 2.31. The first kappa shape index (κ1) is 22.6. The molecule has 1 fully saturated rings. The van der Waals surface area contributed by atoms with Crippen LogP contribution >= 0.6 is 0 Å². The van der Waals surface area contributed by atoms with E-state index in [9.17, 15) is 22.8 Å². The third kappa shape index (κ3) is 4.86. The normalized spacial score (nSPS) is 14.5. The van der Waals surface area contributed by atoms with E-state index in [0.717, 1.165) is 0 Å². The molecule has 35 heavy (non-hydrogen) atoms. The lowest BCUT2D eigenvalue weighted by atomic mass is 10.1. The number of benzene rings is 2. The van der Waals surface area contributed by atoms with Gasteiger partial charge in [-0.25, -0.2) is 4.98 Å². The molecule has 5 rings (SSSR count). The molecule has 0 aliphatic carbocycles. The Balaban J connectivity index is 1.23. The van der Waals surface area contributed by atoms with Crippen molar-refractivity contribution in [1.82, 2.24) is 25.0 Å². The van der Waals surface area contributed by atoms with Crippen molar-refractivity contribution >= 4 is 22.8 Å². The molecule has 12 heteroatoms. The van der Waals surface area contributed by atoms with Gasteiger partial charge in [0.05, 0.1) is 10.9 Å². The van der Waals surface area contributed by atoms with E-state index in [-0.39, 0.29) is 17.3 Å². The zero-order valence-corrected chi connectivity index (χ0v) is 18.2.